The second-order valence-electron chi connectivity index (χ2n) is 4.16. The van der Waals surface area contributed by atoms with Crippen molar-refractivity contribution in [3.05, 3.63) is 56.4 Å². The van der Waals surface area contributed by atoms with Crippen LogP contribution < -0.4 is 0 Å². The first-order chi connectivity index (χ1) is 8.67. The summed E-state index contributed by atoms with van der Waals surface area (Å²) in [5.74, 6) is -0.188. The van der Waals surface area contributed by atoms with Gasteiger partial charge in [0.15, 0.2) is 0 Å². The molecule has 0 N–H and O–H groups in total. The Bertz CT molecular complexity index is 478. The molecule has 2 rings (SSSR count). The van der Waals surface area contributed by atoms with Gasteiger partial charge in [0, 0.05) is 22.4 Å². The number of rotatable bonds is 5. The zero-order valence-corrected chi connectivity index (χ0v) is 12.6. The summed E-state index contributed by atoms with van der Waals surface area (Å²) in [5.41, 5.74) is 1.00. The van der Waals surface area contributed by atoms with Crippen molar-refractivity contribution in [1.29, 1.82) is 0 Å². The molecule has 1 nitrogen and oxygen atoms in total. The number of hydrogen-bond donors (Lipinski definition) is 0. The average Bonchev–Trinajstić information content (AvgIpc) is 2.79. The van der Waals surface area contributed by atoms with Gasteiger partial charge >= 0.3 is 0 Å². The standard InChI is InChI=1S/C14H15BrFNS/c1-2-17(10-14-4-3-5-18-14)9-11-6-12(15)8-13(16)7-11/h3-8H,2,9-10H2,1H3. The van der Waals surface area contributed by atoms with Crippen LogP contribution in [0.25, 0.3) is 0 Å². The molecular formula is C14H15BrFNS. The number of benzene rings is 1. The molecule has 96 valence electrons. The lowest BCUT2D eigenvalue weighted by atomic mass is 10.2. The molecule has 0 saturated carbocycles. The van der Waals surface area contributed by atoms with Crippen LogP contribution in [-0.2, 0) is 13.1 Å². The van der Waals surface area contributed by atoms with Crippen LogP contribution in [0.5, 0.6) is 0 Å². The van der Waals surface area contributed by atoms with E-state index in [1.54, 1.807) is 17.4 Å². The molecule has 0 amide bonds. The summed E-state index contributed by atoms with van der Waals surface area (Å²) in [4.78, 5) is 3.64. The molecule has 0 bridgehead atoms. The molecule has 0 radical (unpaired) electrons. The molecule has 4 heteroatoms. The van der Waals surface area contributed by atoms with Crippen LogP contribution in [-0.4, -0.2) is 11.4 Å². The van der Waals surface area contributed by atoms with Crippen molar-refractivity contribution >= 4 is 27.3 Å². The molecule has 0 aliphatic rings. The van der Waals surface area contributed by atoms with E-state index in [1.165, 1.54) is 10.9 Å². The number of nitrogens with zero attached hydrogens (tertiary/aromatic N) is 1. The van der Waals surface area contributed by atoms with Crippen LogP contribution in [0.1, 0.15) is 17.4 Å². The van der Waals surface area contributed by atoms with Crippen molar-refractivity contribution in [3.8, 4) is 0 Å². The molecule has 1 aromatic carbocycles. The second-order valence-corrected chi connectivity index (χ2v) is 6.11. The molecule has 0 atom stereocenters. The largest absolute Gasteiger partial charge is 0.294 e. The number of thiophene rings is 1. The van der Waals surface area contributed by atoms with Crippen LogP contribution in [0, 0.1) is 5.82 Å². The summed E-state index contributed by atoms with van der Waals surface area (Å²) in [6, 6.07) is 9.25. The zero-order valence-electron chi connectivity index (χ0n) is 10.2. The number of hydrogen-bond acceptors (Lipinski definition) is 2. The van der Waals surface area contributed by atoms with E-state index in [2.05, 4.69) is 45.3 Å². The lowest BCUT2D eigenvalue weighted by molar-refractivity contribution is 0.273. The van der Waals surface area contributed by atoms with Crippen LogP contribution in [0.15, 0.2) is 40.2 Å². The molecule has 1 heterocycles. The topological polar surface area (TPSA) is 3.24 Å². The van der Waals surface area contributed by atoms with Crippen molar-refractivity contribution in [2.24, 2.45) is 0 Å². The van der Waals surface area contributed by atoms with Gasteiger partial charge in [0.25, 0.3) is 0 Å². The molecule has 0 spiro atoms. The van der Waals surface area contributed by atoms with Crippen molar-refractivity contribution in [3.63, 3.8) is 0 Å². The maximum absolute atomic E-state index is 13.3. The highest BCUT2D eigenvalue weighted by molar-refractivity contribution is 9.10. The van der Waals surface area contributed by atoms with E-state index in [9.17, 15) is 4.39 Å². The predicted molar refractivity (Wildman–Crippen MR) is 78.2 cm³/mol. The van der Waals surface area contributed by atoms with Crippen molar-refractivity contribution in [2.75, 3.05) is 6.54 Å². The Balaban J connectivity index is 2.05. The SMILES string of the molecule is CCN(Cc1cc(F)cc(Br)c1)Cc1cccs1. The van der Waals surface area contributed by atoms with E-state index in [4.69, 9.17) is 0 Å². The first-order valence-electron chi connectivity index (χ1n) is 5.87. The predicted octanol–water partition coefficient (Wildman–Crippen LogP) is 4.67. The fourth-order valence-corrected chi connectivity index (χ4v) is 3.12. The van der Waals surface area contributed by atoms with Crippen LogP contribution in [0.3, 0.4) is 0 Å². The molecule has 0 unspecified atom stereocenters. The third-order valence-corrected chi connectivity index (χ3v) is 4.05. The smallest absolute Gasteiger partial charge is 0.124 e. The van der Waals surface area contributed by atoms with E-state index in [0.29, 0.717) is 0 Å². The third kappa shape index (κ3) is 3.90. The second kappa shape index (κ2) is 6.45. The number of halogens is 2. The lowest BCUT2D eigenvalue weighted by Gasteiger charge is -2.19. The van der Waals surface area contributed by atoms with Crippen molar-refractivity contribution in [2.45, 2.75) is 20.0 Å². The van der Waals surface area contributed by atoms with Crippen molar-refractivity contribution in [1.82, 2.24) is 4.90 Å². The van der Waals surface area contributed by atoms with Gasteiger partial charge in [-0.15, -0.1) is 11.3 Å². The molecular weight excluding hydrogens is 313 g/mol. The van der Waals surface area contributed by atoms with Gasteiger partial charge in [-0.05, 0) is 41.8 Å². The first kappa shape index (κ1) is 13.7. The van der Waals surface area contributed by atoms with Gasteiger partial charge in [0.2, 0.25) is 0 Å². The fraction of sp³-hybridized carbons (Fsp3) is 0.286. The minimum Gasteiger partial charge on any atom is -0.294 e. The maximum atomic E-state index is 13.3. The Hall–Kier alpha value is -0.710. The van der Waals surface area contributed by atoms with E-state index in [1.807, 2.05) is 6.07 Å². The first-order valence-corrected chi connectivity index (χ1v) is 7.54. The molecule has 18 heavy (non-hydrogen) atoms. The Kier molecular flexibility index (Phi) is 4.92. The quantitative estimate of drug-likeness (QED) is 0.771. The van der Waals surface area contributed by atoms with Crippen molar-refractivity contribution < 1.29 is 4.39 Å². The minimum atomic E-state index is -0.188. The maximum Gasteiger partial charge on any atom is 0.124 e. The summed E-state index contributed by atoms with van der Waals surface area (Å²) in [7, 11) is 0. The van der Waals surface area contributed by atoms with E-state index < -0.39 is 0 Å². The molecule has 0 aliphatic heterocycles. The lowest BCUT2D eigenvalue weighted by Crippen LogP contribution is -2.21. The summed E-state index contributed by atoms with van der Waals surface area (Å²) < 4.78 is 14.1. The summed E-state index contributed by atoms with van der Waals surface area (Å²) in [6.07, 6.45) is 0. The molecule has 2 aromatic rings. The van der Waals surface area contributed by atoms with Gasteiger partial charge in [-0.25, -0.2) is 4.39 Å². The van der Waals surface area contributed by atoms with Gasteiger partial charge in [-0.2, -0.15) is 0 Å². The molecule has 0 aliphatic carbocycles. The van der Waals surface area contributed by atoms with Crippen LogP contribution in [0.4, 0.5) is 4.39 Å². The van der Waals surface area contributed by atoms with Gasteiger partial charge < -0.3 is 0 Å². The summed E-state index contributed by atoms with van der Waals surface area (Å²) in [6.45, 7) is 4.76. The molecule has 0 saturated heterocycles. The minimum absolute atomic E-state index is 0.188. The highest BCUT2D eigenvalue weighted by atomic mass is 79.9. The normalized spacial score (nSPS) is 11.1. The summed E-state index contributed by atoms with van der Waals surface area (Å²) >= 11 is 5.09. The average molecular weight is 328 g/mol. The Labute approximate surface area is 119 Å². The van der Waals surface area contributed by atoms with Gasteiger partial charge in [-0.1, -0.05) is 28.9 Å². The third-order valence-electron chi connectivity index (χ3n) is 2.74. The molecule has 1 aromatic heterocycles. The van der Waals surface area contributed by atoms with Crippen LogP contribution in [0.2, 0.25) is 0 Å². The van der Waals surface area contributed by atoms with Gasteiger partial charge in [0.05, 0.1) is 0 Å². The Morgan fingerprint density at radius 2 is 2.11 bits per heavy atom. The Morgan fingerprint density at radius 3 is 2.72 bits per heavy atom. The monoisotopic (exact) mass is 327 g/mol. The summed E-state index contributed by atoms with van der Waals surface area (Å²) in [5, 5.41) is 2.09. The molecule has 0 fully saturated rings. The zero-order chi connectivity index (χ0) is 13.0. The van der Waals surface area contributed by atoms with E-state index in [0.717, 1.165) is 29.7 Å². The van der Waals surface area contributed by atoms with Gasteiger partial charge in [0.1, 0.15) is 5.82 Å². The Morgan fingerprint density at radius 1 is 1.28 bits per heavy atom. The van der Waals surface area contributed by atoms with E-state index >= 15 is 0 Å². The highest BCUT2D eigenvalue weighted by Gasteiger charge is 2.07. The van der Waals surface area contributed by atoms with Gasteiger partial charge in [-0.3, -0.25) is 4.90 Å². The highest BCUT2D eigenvalue weighted by Crippen LogP contribution is 2.18. The van der Waals surface area contributed by atoms with Crippen LogP contribution >= 0.6 is 27.3 Å². The van der Waals surface area contributed by atoms with E-state index in [-0.39, 0.29) is 5.82 Å². The fourth-order valence-electron chi connectivity index (χ4n) is 1.86.